The summed E-state index contributed by atoms with van der Waals surface area (Å²) in [7, 11) is 0. The Balaban J connectivity index is 1.40. The second-order valence-electron chi connectivity index (χ2n) is 9.90. The molecule has 0 fully saturated rings. The van der Waals surface area contributed by atoms with Gasteiger partial charge in [-0.25, -0.2) is 9.97 Å². The number of rotatable bonds is 2. The predicted octanol–water partition coefficient (Wildman–Crippen LogP) is 8.32. The molecule has 0 amide bonds. The van der Waals surface area contributed by atoms with Crippen LogP contribution in [-0.2, 0) is 5.41 Å². The van der Waals surface area contributed by atoms with E-state index in [0.717, 1.165) is 50.3 Å². The molecular weight excluding hydrogens is 428 g/mol. The average Bonchev–Trinajstić information content (AvgIpc) is 3.36. The molecule has 0 aliphatic heterocycles. The van der Waals surface area contributed by atoms with Crippen LogP contribution in [0.25, 0.3) is 55.6 Å². The topological polar surface area (TPSA) is 38.9 Å². The number of aryl methyl sites for hydroxylation is 1. The number of nitrogens with zero attached hydrogens (tertiary/aromatic N) is 2. The van der Waals surface area contributed by atoms with E-state index in [1.807, 2.05) is 25.1 Å². The highest BCUT2D eigenvalue weighted by molar-refractivity contribution is 6.06. The van der Waals surface area contributed by atoms with Crippen molar-refractivity contribution in [3.63, 3.8) is 0 Å². The van der Waals surface area contributed by atoms with Crippen LogP contribution < -0.4 is 0 Å². The summed E-state index contributed by atoms with van der Waals surface area (Å²) in [5.41, 5.74) is 10.8. The van der Waals surface area contributed by atoms with Crippen molar-refractivity contribution in [3.8, 4) is 33.6 Å². The Bertz CT molecular complexity index is 1780. The average molecular weight is 453 g/mol. The zero-order valence-electron chi connectivity index (χ0n) is 20.0. The molecular formula is C32H24N2O. The molecule has 0 spiro atoms. The minimum Gasteiger partial charge on any atom is -0.456 e. The fourth-order valence-electron chi connectivity index (χ4n) is 5.65. The number of furan rings is 1. The van der Waals surface area contributed by atoms with Crippen LogP contribution in [0.4, 0.5) is 0 Å². The second-order valence-corrected chi connectivity index (χ2v) is 9.90. The van der Waals surface area contributed by atoms with Gasteiger partial charge < -0.3 is 4.42 Å². The van der Waals surface area contributed by atoms with Crippen LogP contribution >= 0.6 is 0 Å². The summed E-state index contributed by atoms with van der Waals surface area (Å²) >= 11 is 0. The predicted molar refractivity (Wildman–Crippen MR) is 142 cm³/mol. The molecule has 0 bridgehead atoms. The third kappa shape index (κ3) is 2.91. The van der Waals surface area contributed by atoms with Gasteiger partial charge >= 0.3 is 0 Å². The Morgan fingerprint density at radius 2 is 1.31 bits per heavy atom. The number of hydrogen-bond donors (Lipinski definition) is 0. The van der Waals surface area contributed by atoms with Crippen LogP contribution in [0, 0.1) is 6.92 Å². The summed E-state index contributed by atoms with van der Waals surface area (Å²) in [6, 6.07) is 31.9. The van der Waals surface area contributed by atoms with Gasteiger partial charge in [0.05, 0.1) is 11.4 Å². The zero-order chi connectivity index (χ0) is 23.7. The SMILES string of the molecule is Cc1nc(-c2ccccc2)c2c(n1)-c1ccc(-c3ccc4c(c3)oc3ccccc34)cc1C2(C)C. The van der Waals surface area contributed by atoms with E-state index < -0.39 is 0 Å². The number of benzene rings is 4. The molecule has 1 aliphatic rings. The standard InChI is InChI=1S/C32H24N2O/c1-19-33-30(20-9-5-4-6-10-20)29-31(34-19)25-16-14-21(17-26(25)32(29,2)3)22-13-15-24-23-11-7-8-12-27(23)35-28(24)18-22/h4-18H,1-3H3. The van der Waals surface area contributed by atoms with Gasteiger partial charge in [0, 0.05) is 32.9 Å². The van der Waals surface area contributed by atoms with E-state index in [2.05, 4.69) is 86.6 Å². The van der Waals surface area contributed by atoms with Crippen LogP contribution in [0.2, 0.25) is 0 Å². The lowest BCUT2D eigenvalue weighted by molar-refractivity contribution is 0.657. The maximum absolute atomic E-state index is 6.16. The summed E-state index contributed by atoms with van der Waals surface area (Å²) in [5.74, 6) is 0.797. The van der Waals surface area contributed by atoms with Crippen molar-refractivity contribution in [2.24, 2.45) is 0 Å². The first-order chi connectivity index (χ1) is 17.0. The molecule has 7 rings (SSSR count). The molecule has 3 nitrogen and oxygen atoms in total. The summed E-state index contributed by atoms with van der Waals surface area (Å²) in [4.78, 5) is 9.82. The molecule has 0 saturated carbocycles. The highest BCUT2D eigenvalue weighted by Gasteiger charge is 2.40. The van der Waals surface area contributed by atoms with Gasteiger partial charge in [-0.3, -0.25) is 0 Å². The second kappa shape index (κ2) is 7.13. The minimum atomic E-state index is -0.219. The Kier molecular flexibility index (Phi) is 4.11. The molecule has 0 N–H and O–H groups in total. The van der Waals surface area contributed by atoms with Crippen LogP contribution in [0.1, 0.15) is 30.8 Å². The molecule has 2 aromatic heterocycles. The van der Waals surface area contributed by atoms with E-state index >= 15 is 0 Å². The van der Waals surface area contributed by atoms with Gasteiger partial charge in [-0.2, -0.15) is 0 Å². The fraction of sp³-hybridized carbons (Fsp3) is 0.125. The van der Waals surface area contributed by atoms with Crippen LogP contribution in [0.5, 0.6) is 0 Å². The van der Waals surface area contributed by atoms with Crippen molar-refractivity contribution < 1.29 is 4.42 Å². The van der Waals surface area contributed by atoms with Crippen molar-refractivity contribution in [3.05, 3.63) is 108 Å². The van der Waals surface area contributed by atoms with Crippen molar-refractivity contribution in [1.82, 2.24) is 9.97 Å². The normalized spacial score (nSPS) is 13.8. The largest absolute Gasteiger partial charge is 0.456 e. The van der Waals surface area contributed by atoms with Gasteiger partial charge in [0.15, 0.2) is 0 Å². The molecule has 4 aromatic carbocycles. The number of fused-ring (bicyclic) bond motifs is 6. The number of aromatic nitrogens is 2. The van der Waals surface area contributed by atoms with E-state index in [-0.39, 0.29) is 5.41 Å². The monoisotopic (exact) mass is 452 g/mol. The number of hydrogen-bond acceptors (Lipinski definition) is 3. The Morgan fingerprint density at radius 3 is 2.17 bits per heavy atom. The number of para-hydroxylation sites is 1. The lowest BCUT2D eigenvalue weighted by Crippen LogP contribution is -2.17. The molecule has 0 unspecified atom stereocenters. The van der Waals surface area contributed by atoms with Crippen molar-refractivity contribution >= 4 is 21.9 Å². The molecule has 6 aromatic rings. The molecule has 0 atom stereocenters. The van der Waals surface area contributed by atoms with E-state index in [1.165, 1.54) is 22.3 Å². The fourth-order valence-corrected chi connectivity index (χ4v) is 5.65. The van der Waals surface area contributed by atoms with Crippen LogP contribution in [0.3, 0.4) is 0 Å². The molecule has 3 heteroatoms. The van der Waals surface area contributed by atoms with Gasteiger partial charge in [-0.1, -0.05) is 80.6 Å². The quantitative estimate of drug-likeness (QED) is 0.265. The summed E-state index contributed by atoms with van der Waals surface area (Å²) in [6.07, 6.45) is 0. The third-order valence-corrected chi connectivity index (χ3v) is 7.35. The van der Waals surface area contributed by atoms with E-state index in [0.29, 0.717) is 0 Å². The Hall–Kier alpha value is -4.24. The van der Waals surface area contributed by atoms with Crippen molar-refractivity contribution in [2.75, 3.05) is 0 Å². The van der Waals surface area contributed by atoms with Crippen LogP contribution in [-0.4, -0.2) is 9.97 Å². The first kappa shape index (κ1) is 20.2. The van der Waals surface area contributed by atoms with E-state index in [9.17, 15) is 0 Å². The summed E-state index contributed by atoms with van der Waals surface area (Å²) in [5, 5.41) is 2.30. The van der Waals surface area contributed by atoms with Crippen molar-refractivity contribution in [2.45, 2.75) is 26.2 Å². The van der Waals surface area contributed by atoms with Gasteiger partial charge in [0.2, 0.25) is 0 Å². The first-order valence-corrected chi connectivity index (χ1v) is 12.0. The molecule has 35 heavy (non-hydrogen) atoms. The highest BCUT2D eigenvalue weighted by Crippen LogP contribution is 2.51. The molecule has 0 radical (unpaired) electrons. The van der Waals surface area contributed by atoms with Crippen LogP contribution in [0.15, 0.2) is 95.4 Å². The van der Waals surface area contributed by atoms with E-state index in [4.69, 9.17) is 14.4 Å². The Morgan fingerprint density at radius 1 is 0.629 bits per heavy atom. The third-order valence-electron chi connectivity index (χ3n) is 7.35. The van der Waals surface area contributed by atoms with Gasteiger partial charge in [-0.15, -0.1) is 0 Å². The van der Waals surface area contributed by atoms with Gasteiger partial charge in [-0.05, 0) is 47.9 Å². The molecule has 2 heterocycles. The molecule has 1 aliphatic carbocycles. The van der Waals surface area contributed by atoms with Gasteiger partial charge in [0.1, 0.15) is 17.0 Å². The molecule has 0 saturated heterocycles. The summed E-state index contributed by atoms with van der Waals surface area (Å²) < 4.78 is 6.16. The van der Waals surface area contributed by atoms with Crippen molar-refractivity contribution in [1.29, 1.82) is 0 Å². The van der Waals surface area contributed by atoms with E-state index in [1.54, 1.807) is 0 Å². The lowest BCUT2D eigenvalue weighted by Gasteiger charge is -2.24. The highest BCUT2D eigenvalue weighted by atomic mass is 16.3. The lowest BCUT2D eigenvalue weighted by atomic mass is 9.80. The maximum Gasteiger partial charge on any atom is 0.136 e. The maximum atomic E-state index is 6.16. The summed E-state index contributed by atoms with van der Waals surface area (Å²) in [6.45, 7) is 6.55. The van der Waals surface area contributed by atoms with Gasteiger partial charge in [0.25, 0.3) is 0 Å². The Labute approximate surface area is 204 Å². The zero-order valence-corrected chi connectivity index (χ0v) is 20.0. The first-order valence-electron chi connectivity index (χ1n) is 12.0. The minimum absolute atomic E-state index is 0.219. The molecule has 168 valence electrons. The smallest absolute Gasteiger partial charge is 0.136 e.